The topological polar surface area (TPSA) is 95.2 Å². The van der Waals surface area contributed by atoms with Gasteiger partial charge in [-0.3, -0.25) is 23.6 Å². The van der Waals surface area contributed by atoms with E-state index in [4.69, 9.17) is 14.2 Å². The molecule has 4 heterocycles. The van der Waals surface area contributed by atoms with Crippen LogP contribution in [0.1, 0.15) is 31.7 Å². The number of piperidine rings is 2. The lowest BCUT2D eigenvalue weighted by molar-refractivity contribution is -0.161. The first kappa shape index (κ1) is 26.1. The lowest BCUT2D eigenvalue weighted by Gasteiger charge is -2.40. The van der Waals surface area contributed by atoms with Crippen LogP contribution in [0, 0.1) is 0 Å². The zero-order valence-electron chi connectivity index (χ0n) is 22.3. The van der Waals surface area contributed by atoms with E-state index in [0.717, 1.165) is 36.6 Å². The molecule has 1 spiro atoms. The molecule has 3 saturated heterocycles. The Morgan fingerprint density at radius 3 is 2.62 bits per heavy atom. The highest BCUT2D eigenvalue weighted by atomic mass is 28.3. The van der Waals surface area contributed by atoms with Gasteiger partial charge in [0.2, 0.25) is 5.91 Å². The minimum absolute atomic E-state index is 0.0702. The van der Waals surface area contributed by atoms with E-state index in [1.54, 1.807) is 16.2 Å². The number of imidazole rings is 1. The number of benzene rings is 1. The summed E-state index contributed by atoms with van der Waals surface area (Å²) in [7, 11) is 0.448. The highest BCUT2D eigenvalue weighted by Gasteiger charge is 2.42. The monoisotopic (exact) mass is 530 g/mol. The zero-order chi connectivity index (χ0) is 26.4. The molecule has 2 aromatic rings. The van der Waals surface area contributed by atoms with Crippen LogP contribution in [0.2, 0.25) is 25.7 Å². The molecule has 1 aromatic heterocycles. The Labute approximate surface area is 218 Å². The van der Waals surface area contributed by atoms with Crippen LogP contribution in [0.4, 0.5) is 5.69 Å². The number of carbonyl (C=O) groups is 2. The summed E-state index contributed by atoms with van der Waals surface area (Å²) in [5.74, 6) is -1.23. The lowest BCUT2D eigenvalue weighted by atomic mass is 10.0. The van der Waals surface area contributed by atoms with Gasteiger partial charge < -0.3 is 19.1 Å². The normalized spacial score (nSPS) is 22.5. The molecule has 0 N–H and O–H groups in total. The number of likely N-dealkylation sites (tertiary alicyclic amines) is 1. The van der Waals surface area contributed by atoms with Crippen LogP contribution in [0.3, 0.4) is 0 Å². The molecule has 3 aliphatic rings. The Morgan fingerprint density at radius 2 is 1.89 bits per heavy atom. The molecule has 3 aliphatic heterocycles. The molecule has 3 fully saturated rings. The van der Waals surface area contributed by atoms with Gasteiger partial charge in [-0.05, 0) is 31.0 Å². The van der Waals surface area contributed by atoms with Crippen LogP contribution in [-0.2, 0) is 30.8 Å². The van der Waals surface area contributed by atoms with Crippen LogP contribution >= 0.6 is 0 Å². The largest absolute Gasteiger partial charge is 0.364 e. The van der Waals surface area contributed by atoms with Gasteiger partial charge in [0, 0.05) is 41.1 Å². The second kappa shape index (κ2) is 10.0. The first-order chi connectivity index (χ1) is 17.6. The van der Waals surface area contributed by atoms with Crippen molar-refractivity contribution < 1.29 is 23.8 Å². The smallest absolute Gasteiger partial charge is 0.329 e. The van der Waals surface area contributed by atoms with Gasteiger partial charge in [0.1, 0.15) is 12.8 Å². The second-order valence-corrected chi connectivity index (χ2v) is 17.2. The number of aromatic nitrogens is 2. The minimum atomic E-state index is -1.29. The van der Waals surface area contributed by atoms with Gasteiger partial charge in [-0.15, -0.1) is 0 Å². The van der Waals surface area contributed by atoms with Gasteiger partial charge in [0.25, 0.3) is 5.91 Å². The van der Waals surface area contributed by atoms with Crippen LogP contribution in [0.25, 0.3) is 11.0 Å². The van der Waals surface area contributed by atoms with Crippen molar-refractivity contribution in [1.82, 2.24) is 14.0 Å². The fourth-order valence-electron chi connectivity index (χ4n) is 5.63. The third-order valence-electron chi connectivity index (χ3n) is 7.67. The van der Waals surface area contributed by atoms with Crippen molar-refractivity contribution in [2.75, 3.05) is 44.5 Å². The molecular weight excluding hydrogens is 492 g/mol. The molecule has 10 nitrogen and oxygen atoms in total. The molecule has 0 aliphatic carbocycles. The van der Waals surface area contributed by atoms with Gasteiger partial charge in [-0.25, -0.2) is 4.79 Å². The number of nitrogens with zero attached hydrogens (tertiary/aromatic N) is 4. The number of aryl methyl sites for hydroxylation is 1. The molecule has 1 aromatic carbocycles. The van der Waals surface area contributed by atoms with Gasteiger partial charge in [-0.2, -0.15) is 0 Å². The van der Waals surface area contributed by atoms with E-state index < -0.39 is 19.9 Å². The van der Waals surface area contributed by atoms with Gasteiger partial charge in [-0.1, -0.05) is 25.7 Å². The minimum Gasteiger partial charge on any atom is -0.364 e. The number of anilines is 1. The quantitative estimate of drug-likeness (QED) is 0.309. The summed E-state index contributed by atoms with van der Waals surface area (Å²) in [5, 5.41) is 0. The maximum absolute atomic E-state index is 13.6. The van der Waals surface area contributed by atoms with Crippen molar-refractivity contribution in [1.29, 1.82) is 0 Å². The highest BCUT2D eigenvalue weighted by Crippen LogP contribution is 2.36. The van der Waals surface area contributed by atoms with E-state index in [1.165, 1.54) is 4.90 Å². The molecule has 5 rings (SSSR count). The highest BCUT2D eigenvalue weighted by molar-refractivity contribution is 6.76. The third kappa shape index (κ3) is 5.01. The van der Waals surface area contributed by atoms with Crippen molar-refractivity contribution >= 4 is 36.6 Å². The predicted octanol–water partition coefficient (Wildman–Crippen LogP) is 2.69. The predicted molar refractivity (Wildman–Crippen MR) is 142 cm³/mol. The maximum atomic E-state index is 13.6. The van der Waals surface area contributed by atoms with Crippen molar-refractivity contribution in [3.8, 4) is 0 Å². The van der Waals surface area contributed by atoms with Crippen LogP contribution < -0.4 is 10.6 Å². The Bertz CT molecular complexity index is 1240. The first-order valence-corrected chi connectivity index (χ1v) is 17.0. The number of hydrogen-bond donors (Lipinski definition) is 0. The van der Waals surface area contributed by atoms with E-state index in [9.17, 15) is 14.4 Å². The summed E-state index contributed by atoms with van der Waals surface area (Å²) in [4.78, 5) is 43.1. The standard InChI is InChI=1S/C26H38N4O6Si/c1-27-23-19(28-12-6-11-26(17-28)35-13-14-36-26)7-5-8-20(23)30(25(27)33)21-9-10-22(31)29(24(21)32)18-34-15-16-37(2,3)4/h5,7-8,21H,6,9-18H2,1-4H3. The summed E-state index contributed by atoms with van der Waals surface area (Å²) in [6, 6.07) is 6.00. The van der Waals surface area contributed by atoms with E-state index in [2.05, 4.69) is 24.5 Å². The van der Waals surface area contributed by atoms with E-state index >= 15 is 0 Å². The molecule has 0 saturated carbocycles. The SMILES string of the molecule is Cn1c(=O)n(C2CCC(=O)N(COCC[Si](C)(C)C)C2=O)c2cccc(N3CCCC4(C3)OCCO4)c21. The number of fused-ring (bicyclic) bond motifs is 1. The summed E-state index contributed by atoms with van der Waals surface area (Å²) in [6.07, 6.45) is 2.25. The van der Waals surface area contributed by atoms with E-state index in [1.807, 2.05) is 18.2 Å². The summed E-state index contributed by atoms with van der Waals surface area (Å²) in [6.45, 7) is 9.80. The van der Waals surface area contributed by atoms with Crippen LogP contribution in [-0.4, -0.2) is 79.4 Å². The van der Waals surface area contributed by atoms with Gasteiger partial charge in [0.05, 0.1) is 36.5 Å². The number of carbonyl (C=O) groups excluding carboxylic acids is 2. The summed E-state index contributed by atoms with van der Waals surface area (Å²) in [5.41, 5.74) is 2.10. The number of amides is 2. The van der Waals surface area contributed by atoms with Crippen molar-refractivity contribution in [2.24, 2.45) is 7.05 Å². The summed E-state index contributed by atoms with van der Waals surface area (Å²) >= 11 is 0. The van der Waals surface area contributed by atoms with Crippen molar-refractivity contribution in [2.45, 2.75) is 63.2 Å². The molecule has 11 heteroatoms. The van der Waals surface area contributed by atoms with Crippen molar-refractivity contribution in [3.63, 3.8) is 0 Å². The molecule has 37 heavy (non-hydrogen) atoms. The maximum Gasteiger partial charge on any atom is 0.329 e. The van der Waals surface area contributed by atoms with Crippen molar-refractivity contribution in [3.05, 3.63) is 28.7 Å². The van der Waals surface area contributed by atoms with E-state index in [0.29, 0.717) is 38.3 Å². The first-order valence-electron chi connectivity index (χ1n) is 13.2. The Kier molecular flexibility index (Phi) is 7.07. The van der Waals surface area contributed by atoms with Crippen LogP contribution in [0.15, 0.2) is 23.0 Å². The van der Waals surface area contributed by atoms with Gasteiger partial charge >= 0.3 is 5.69 Å². The van der Waals surface area contributed by atoms with Crippen LogP contribution in [0.5, 0.6) is 0 Å². The van der Waals surface area contributed by atoms with E-state index in [-0.39, 0.29) is 30.7 Å². The average molecular weight is 531 g/mol. The zero-order valence-corrected chi connectivity index (χ0v) is 23.3. The fourth-order valence-corrected chi connectivity index (χ4v) is 6.39. The number of ether oxygens (including phenoxy) is 3. The molecule has 0 radical (unpaired) electrons. The number of imide groups is 1. The second-order valence-electron chi connectivity index (χ2n) is 11.6. The third-order valence-corrected chi connectivity index (χ3v) is 9.37. The lowest BCUT2D eigenvalue weighted by Crippen LogP contribution is -2.49. The van der Waals surface area contributed by atoms with Gasteiger partial charge in [0.15, 0.2) is 5.79 Å². The Hall–Kier alpha value is -2.47. The molecule has 1 atom stereocenters. The Morgan fingerprint density at radius 1 is 1.14 bits per heavy atom. The number of rotatable bonds is 7. The number of para-hydroxylation sites is 1. The molecule has 1 unspecified atom stereocenters. The molecule has 2 amide bonds. The summed E-state index contributed by atoms with van der Waals surface area (Å²) < 4.78 is 20.8. The molecule has 202 valence electrons. The number of hydrogen-bond acceptors (Lipinski definition) is 7. The Balaban J connectivity index is 1.43. The fraction of sp³-hybridized carbons (Fsp3) is 0.654. The average Bonchev–Trinajstić information content (AvgIpc) is 3.40. The molecular formula is C26H38N4O6Si. The molecule has 0 bridgehead atoms.